The molecule has 0 unspecified atom stereocenters. The van der Waals surface area contributed by atoms with Gasteiger partial charge in [-0.1, -0.05) is 0 Å². The van der Waals surface area contributed by atoms with Crippen LogP contribution in [0.15, 0.2) is 4.47 Å². The molecule has 0 spiro atoms. The zero-order valence-corrected chi connectivity index (χ0v) is 11.9. The summed E-state index contributed by atoms with van der Waals surface area (Å²) in [4.78, 5) is 0. The average molecular weight is 299 g/mol. The van der Waals surface area contributed by atoms with Gasteiger partial charge < -0.3 is 5.11 Å². The molecular formula is C11H15BrN4O. The Labute approximate surface area is 108 Å². The molecule has 2 heterocycles. The van der Waals surface area contributed by atoms with E-state index in [2.05, 4.69) is 26.1 Å². The van der Waals surface area contributed by atoms with Gasteiger partial charge in [0.2, 0.25) is 0 Å². The van der Waals surface area contributed by atoms with Gasteiger partial charge in [0.05, 0.1) is 28.2 Å². The van der Waals surface area contributed by atoms with E-state index in [1.54, 1.807) is 4.68 Å². The molecule has 0 aromatic carbocycles. The number of halogens is 1. The van der Waals surface area contributed by atoms with Gasteiger partial charge in [-0.2, -0.15) is 10.2 Å². The van der Waals surface area contributed by atoms with Crippen LogP contribution in [0.2, 0.25) is 0 Å². The van der Waals surface area contributed by atoms with Crippen LogP contribution in [-0.4, -0.2) is 24.7 Å². The Morgan fingerprint density at radius 1 is 1.18 bits per heavy atom. The first kappa shape index (κ1) is 12.3. The summed E-state index contributed by atoms with van der Waals surface area (Å²) in [5.41, 5.74) is 3.56. The number of aromatic nitrogens is 4. The van der Waals surface area contributed by atoms with Gasteiger partial charge in [0.1, 0.15) is 0 Å². The molecule has 0 atom stereocenters. The lowest BCUT2D eigenvalue weighted by Crippen LogP contribution is -2.08. The highest BCUT2D eigenvalue weighted by Crippen LogP contribution is 2.25. The van der Waals surface area contributed by atoms with Gasteiger partial charge in [0, 0.05) is 12.6 Å². The van der Waals surface area contributed by atoms with Gasteiger partial charge in [-0.15, -0.1) is 0 Å². The van der Waals surface area contributed by atoms with Crippen molar-refractivity contribution in [3.63, 3.8) is 0 Å². The van der Waals surface area contributed by atoms with Crippen molar-refractivity contribution >= 4 is 15.9 Å². The van der Waals surface area contributed by atoms with Gasteiger partial charge in [0.15, 0.2) is 5.82 Å². The standard InChI is InChI=1S/C11H15BrN4O/c1-6-9(5-17)11(15(4)13-6)16-8(3)10(12)7(2)14-16/h17H,5H2,1-4H3. The van der Waals surface area contributed by atoms with E-state index in [0.717, 1.165) is 32.9 Å². The molecule has 0 fully saturated rings. The first-order valence-corrected chi connectivity index (χ1v) is 6.12. The minimum Gasteiger partial charge on any atom is -0.391 e. The van der Waals surface area contributed by atoms with E-state index in [0.29, 0.717) is 0 Å². The highest BCUT2D eigenvalue weighted by molar-refractivity contribution is 9.10. The molecule has 0 aliphatic carbocycles. The van der Waals surface area contributed by atoms with Crippen molar-refractivity contribution in [2.45, 2.75) is 27.4 Å². The topological polar surface area (TPSA) is 55.9 Å². The van der Waals surface area contributed by atoms with E-state index in [-0.39, 0.29) is 6.61 Å². The van der Waals surface area contributed by atoms with Crippen molar-refractivity contribution in [1.82, 2.24) is 19.6 Å². The van der Waals surface area contributed by atoms with E-state index in [1.807, 2.05) is 32.5 Å². The average Bonchev–Trinajstić information content (AvgIpc) is 2.69. The third-order valence-electron chi connectivity index (χ3n) is 2.87. The largest absolute Gasteiger partial charge is 0.391 e. The fourth-order valence-corrected chi connectivity index (χ4v) is 2.22. The van der Waals surface area contributed by atoms with Crippen molar-refractivity contribution in [2.24, 2.45) is 7.05 Å². The lowest BCUT2D eigenvalue weighted by Gasteiger charge is -2.07. The number of nitrogens with zero attached hydrogens (tertiary/aromatic N) is 4. The Morgan fingerprint density at radius 3 is 2.29 bits per heavy atom. The molecule has 2 rings (SSSR count). The van der Waals surface area contributed by atoms with E-state index in [9.17, 15) is 5.11 Å². The van der Waals surface area contributed by atoms with Crippen LogP contribution in [0, 0.1) is 20.8 Å². The van der Waals surface area contributed by atoms with Crippen molar-refractivity contribution < 1.29 is 5.11 Å². The van der Waals surface area contributed by atoms with Gasteiger partial charge >= 0.3 is 0 Å². The summed E-state index contributed by atoms with van der Waals surface area (Å²) in [5, 5.41) is 18.2. The Hall–Kier alpha value is -1.14. The first-order chi connectivity index (χ1) is 7.97. The zero-order chi connectivity index (χ0) is 12.7. The van der Waals surface area contributed by atoms with Crippen LogP contribution in [0.1, 0.15) is 22.6 Å². The number of rotatable bonds is 2. The van der Waals surface area contributed by atoms with Crippen LogP contribution in [0.3, 0.4) is 0 Å². The minimum atomic E-state index is -0.0367. The van der Waals surface area contributed by atoms with Crippen LogP contribution in [-0.2, 0) is 13.7 Å². The first-order valence-electron chi connectivity index (χ1n) is 5.32. The lowest BCUT2D eigenvalue weighted by molar-refractivity contribution is 0.280. The maximum Gasteiger partial charge on any atom is 0.157 e. The quantitative estimate of drug-likeness (QED) is 0.919. The molecule has 6 heteroatoms. The Kier molecular flexibility index (Phi) is 3.09. The highest BCUT2D eigenvalue weighted by Gasteiger charge is 2.18. The Balaban J connectivity index is 2.72. The van der Waals surface area contributed by atoms with Crippen LogP contribution in [0.5, 0.6) is 0 Å². The molecule has 17 heavy (non-hydrogen) atoms. The molecule has 0 aliphatic rings. The summed E-state index contributed by atoms with van der Waals surface area (Å²) >= 11 is 3.50. The van der Waals surface area contributed by atoms with Gasteiger partial charge in [-0.3, -0.25) is 4.68 Å². The second kappa shape index (κ2) is 4.27. The molecule has 0 saturated heterocycles. The molecule has 2 aromatic rings. The molecule has 0 amide bonds. The van der Waals surface area contributed by atoms with Crippen molar-refractivity contribution in [2.75, 3.05) is 0 Å². The van der Waals surface area contributed by atoms with E-state index < -0.39 is 0 Å². The van der Waals surface area contributed by atoms with Crippen LogP contribution >= 0.6 is 15.9 Å². The fourth-order valence-electron chi connectivity index (χ4n) is 1.97. The van der Waals surface area contributed by atoms with Crippen LogP contribution in [0.25, 0.3) is 5.82 Å². The van der Waals surface area contributed by atoms with Crippen LogP contribution < -0.4 is 0 Å². The smallest absolute Gasteiger partial charge is 0.157 e. The number of aliphatic hydroxyl groups is 1. The molecule has 2 aromatic heterocycles. The number of hydrogen-bond donors (Lipinski definition) is 1. The predicted octanol–water partition coefficient (Wildman–Crippen LogP) is 1.79. The molecule has 0 aliphatic heterocycles. The lowest BCUT2D eigenvalue weighted by atomic mass is 10.2. The molecule has 0 saturated carbocycles. The summed E-state index contributed by atoms with van der Waals surface area (Å²) in [7, 11) is 1.85. The van der Waals surface area contributed by atoms with Gasteiger partial charge in [-0.05, 0) is 36.7 Å². The second-order valence-corrected chi connectivity index (χ2v) is 4.86. The number of aliphatic hydroxyl groups excluding tert-OH is 1. The Morgan fingerprint density at radius 2 is 1.82 bits per heavy atom. The molecule has 5 nitrogen and oxygen atoms in total. The number of hydrogen-bond acceptors (Lipinski definition) is 3. The maximum atomic E-state index is 9.43. The second-order valence-electron chi connectivity index (χ2n) is 4.07. The minimum absolute atomic E-state index is 0.0367. The van der Waals surface area contributed by atoms with E-state index in [1.165, 1.54) is 0 Å². The molecule has 92 valence electrons. The highest BCUT2D eigenvalue weighted by atomic mass is 79.9. The molecule has 0 bridgehead atoms. The zero-order valence-electron chi connectivity index (χ0n) is 10.3. The SMILES string of the molecule is Cc1nn(-c2c(CO)c(C)nn2C)c(C)c1Br. The predicted molar refractivity (Wildman–Crippen MR) is 68.2 cm³/mol. The summed E-state index contributed by atoms with van der Waals surface area (Å²) in [6.07, 6.45) is 0. The molecular weight excluding hydrogens is 284 g/mol. The third-order valence-corrected chi connectivity index (χ3v) is 4.02. The van der Waals surface area contributed by atoms with Crippen LogP contribution in [0.4, 0.5) is 0 Å². The Bertz CT molecular complexity index is 571. The summed E-state index contributed by atoms with van der Waals surface area (Å²) in [5.74, 6) is 0.816. The summed E-state index contributed by atoms with van der Waals surface area (Å²) in [6.45, 7) is 5.77. The van der Waals surface area contributed by atoms with Gasteiger partial charge in [0.25, 0.3) is 0 Å². The van der Waals surface area contributed by atoms with E-state index >= 15 is 0 Å². The van der Waals surface area contributed by atoms with E-state index in [4.69, 9.17) is 0 Å². The maximum absolute atomic E-state index is 9.43. The van der Waals surface area contributed by atoms with Gasteiger partial charge in [-0.25, -0.2) is 4.68 Å². The molecule has 0 radical (unpaired) electrons. The monoisotopic (exact) mass is 298 g/mol. The number of aryl methyl sites for hydroxylation is 3. The third kappa shape index (κ3) is 1.81. The summed E-state index contributed by atoms with van der Waals surface area (Å²) < 4.78 is 4.54. The summed E-state index contributed by atoms with van der Waals surface area (Å²) in [6, 6.07) is 0. The molecule has 1 N–H and O–H groups in total. The van der Waals surface area contributed by atoms with Crippen molar-refractivity contribution in [1.29, 1.82) is 0 Å². The normalized spacial score (nSPS) is 11.2. The van der Waals surface area contributed by atoms with Crippen molar-refractivity contribution in [3.05, 3.63) is 27.1 Å². The fraction of sp³-hybridized carbons (Fsp3) is 0.455. The van der Waals surface area contributed by atoms with Crippen molar-refractivity contribution in [3.8, 4) is 5.82 Å².